The van der Waals surface area contributed by atoms with E-state index in [0.717, 1.165) is 14.7 Å². The van der Waals surface area contributed by atoms with Crippen molar-refractivity contribution >= 4 is 57.3 Å². The SMILES string of the molecule is C#C[C@@H]1CN(C(=O)c2cc(Sc3cnc(NC(=O)c4ccsc4)s3)c(C)cc2OC)CCN1C(=O)C=C. The van der Waals surface area contributed by atoms with Gasteiger partial charge in [-0.05, 0) is 42.1 Å². The molecule has 3 heterocycles. The van der Waals surface area contributed by atoms with E-state index in [1.807, 2.05) is 18.4 Å². The zero-order valence-electron chi connectivity index (χ0n) is 20.2. The van der Waals surface area contributed by atoms with E-state index in [0.29, 0.717) is 35.1 Å². The molecule has 1 aromatic carbocycles. The number of rotatable bonds is 7. The van der Waals surface area contributed by atoms with Crippen LogP contribution in [0.3, 0.4) is 0 Å². The van der Waals surface area contributed by atoms with Crippen molar-refractivity contribution in [2.45, 2.75) is 22.1 Å². The normalized spacial score (nSPS) is 15.1. The van der Waals surface area contributed by atoms with Gasteiger partial charge in [0, 0.05) is 23.4 Å². The van der Waals surface area contributed by atoms with Gasteiger partial charge in [-0.1, -0.05) is 35.6 Å². The van der Waals surface area contributed by atoms with Crippen LogP contribution < -0.4 is 10.1 Å². The molecule has 1 aliphatic rings. The van der Waals surface area contributed by atoms with Gasteiger partial charge in [0.2, 0.25) is 5.91 Å². The Kier molecular flexibility index (Phi) is 8.33. The molecule has 0 bridgehead atoms. The number of nitrogens with one attached hydrogen (secondary N) is 1. The Labute approximate surface area is 227 Å². The first-order chi connectivity index (χ1) is 17.8. The van der Waals surface area contributed by atoms with Gasteiger partial charge in [0.25, 0.3) is 11.8 Å². The van der Waals surface area contributed by atoms with Crippen LogP contribution in [0.5, 0.6) is 5.75 Å². The smallest absolute Gasteiger partial charge is 0.258 e. The van der Waals surface area contributed by atoms with Crippen molar-refractivity contribution in [1.82, 2.24) is 14.8 Å². The number of carbonyl (C=O) groups excluding carboxylic acids is 3. The molecule has 4 rings (SSSR count). The van der Waals surface area contributed by atoms with E-state index < -0.39 is 6.04 Å². The number of benzene rings is 1. The maximum atomic E-state index is 13.5. The number of carbonyl (C=O) groups is 3. The summed E-state index contributed by atoms with van der Waals surface area (Å²) < 4.78 is 6.38. The lowest BCUT2D eigenvalue weighted by Crippen LogP contribution is -2.55. The summed E-state index contributed by atoms with van der Waals surface area (Å²) in [5.74, 6) is 2.38. The Morgan fingerprint density at radius 2 is 2.16 bits per heavy atom. The number of thiophene rings is 1. The predicted molar refractivity (Wildman–Crippen MR) is 147 cm³/mol. The molecule has 1 saturated heterocycles. The van der Waals surface area contributed by atoms with Crippen molar-refractivity contribution in [1.29, 1.82) is 0 Å². The molecular formula is C26H24N4O4S3. The molecule has 190 valence electrons. The average Bonchev–Trinajstić information content (AvgIpc) is 3.61. The quantitative estimate of drug-likeness (QED) is 0.345. The maximum absolute atomic E-state index is 13.5. The topological polar surface area (TPSA) is 91.8 Å². The number of terminal acetylenes is 1. The molecule has 0 aliphatic carbocycles. The van der Waals surface area contributed by atoms with Crippen LogP contribution in [0.15, 0.2) is 56.9 Å². The minimum absolute atomic E-state index is 0.208. The van der Waals surface area contributed by atoms with Crippen molar-refractivity contribution < 1.29 is 19.1 Å². The van der Waals surface area contributed by atoms with Gasteiger partial charge >= 0.3 is 0 Å². The summed E-state index contributed by atoms with van der Waals surface area (Å²) in [6.45, 7) is 6.35. The van der Waals surface area contributed by atoms with Crippen LogP contribution in [0.1, 0.15) is 26.3 Å². The first kappa shape index (κ1) is 26.5. The van der Waals surface area contributed by atoms with Crippen LogP contribution in [0.4, 0.5) is 5.13 Å². The summed E-state index contributed by atoms with van der Waals surface area (Å²) in [5, 5.41) is 6.93. The molecule has 3 amide bonds. The highest BCUT2D eigenvalue weighted by atomic mass is 32.2. The molecule has 1 N–H and O–H groups in total. The number of aryl methyl sites for hydroxylation is 1. The molecule has 0 radical (unpaired) electrons. The van der Waals surface area contributed by atoms with Crippen LogP contribution in [-0.4, -0.2) is 65.3 Å². The van der Waals surface area contributed by atoms with Gasteiger partial charge in [0.15, 0.2) is 5.13 Å². The molecule has 1 atom stereocenters. The summed E-state index contributed by atoms with van der Waals surface area (Å²) in [6.07, 6.45) is 8.58. The first-order valence-corrected chi connectivity index (χ1v) is 13.8. The highest BCUT2D eigenvalue weighted by Gasteiger charge is 2.32. The largest absolute Gasteiger partial charge is 0.496 e. The lowest BCUT2D eigenvalue weighted by atomic mass is 10.1. The Balaban J connectivity index is 1.52. The third-order valence-corrected chi connectivity index (χ3v) is 8.60. The molecular weight excluding hydrogens is 529 g/mol. The van der Waals surface area contributed by atoms with Gasteiger partial charge in [0.05, 0.1) is 35.2 Å². The number of nitrogens with zero attached hydrogens (tertiary/aromatic N) is 3. The summed E-state index contributed by atoms with van der Waals surface area (Å²) in [4.78, 5) is 46.3. The highest BCUT2D eigenvalue weighted by molar-refractivity contribution is 8.01. The minimum Gasteiger partial charge on any atom is -0.496 e. The molecule has 37 heavy (non-hydrogen) atoms. The van der Waals surface area contributed by atoms with Crippen molar-refractivity contribution in [3.63, 3.8) is 0 Å². The molecule has 0 saturated carbocycles. The van der Waals surface area contributed by atoms with Crippen molar-refractivity contribution in [2.75, 3.05) is 32.1 Å². The van der Waals surface area contributed by atoms with Gasteiger partial charge in [0.1, 0.15) is 11.8 Å². The van der Waals surface area contributed by atoms with E-state index in [-0.39, 0.29) is 24.3 Å². The van der Waals surface area contributed by atoms with E-state index in [2.05, 4.69) is 22.8 Å². The second-order valence-electron chi connectivity index (χ2n) is 8.04. The van der Waals surface area contributed by atoms with E-state index in [9.17, 15) is 14.4 Å². The van der Waals surface area contributed by atoms with Gasteiger partial charge in [-0.3, -0.25) is 19.7 Å². The van der Waals surface area contributed by atoms with E-state index in [1.165, 1.54) is 47.6 Å². The monoisotopic (exact) mass is 552 g/mol. The molecule has 11 heteroatoms. The van der Waals surface area contributed by atoms with Crippen LogP contribution in [0, 0.1) is 19.3 Å². The Bertz CT molecular complexity index is 1380. The predicted octanol–water partition coefficient (Wildman–Crippen LogP) is 4.40. The van der Waals surface area contributed by atoms with Crippen molar-refractivity contribution in [2.24, 2.45) is 0 Å². The van der Waals surface area contributed by atoms with Gasteiger partial charge in [-0.25, -0.2) is 4.98 Å². The number of amides is 3. The second-order valence-corrected chi connectivity index (χ2v) is 11.2. The number of ether oxygens (including phenoxy) is 1. The van der Waals surface area contributed by atoms with Crippen LogP contribution in [0.25, 0.3) is 0 Å². The van der Waals surface area contributed by atoms with Crippen molar-refractivity contribution in [3.8, 4) is 18.1 Å². The molecule has 2 aromatic heterocycles. The zero-order chi connectivity index (χ0) is 26.5. The van der Waals surface area contributed by atoms with E-state index >= 15 is 0 Å². The van der Waals surface area contributed by atoms with E-state index in [4.69, 9.17) is 11.2 Å². The maximum Gasteiger partial charge on any atom is 0.258 e. The zero-order valence-corrected chi connectivity index (χ0v) is 22.7. The number of anilines is 1. The molecule has 1 fully saturated rings. The summed E-state index contributed by atoms with van der Waals surface area (Å²) in [6, 6.07) is 4.85. The van der Waals surface area contributed by atoms with Crippen molar-refractivity contribution in [3.05, 3.63) is 64.5 Å². The fourth-order valence-corrected chi connectivity index (χ4v) is 6.38. The Morgan fingerprint density at radius 1 is 1.35 bits per heavy atom. The third kappa shape index (κ3) is 5.88. The van der Waals surface area contributed by atoms with Crippen LogP contribution >= 0.6 is 34.4 Å². The lowest BCUT2D eigenvalue weighted by molar-refractivity contribution is -0.129. The molecule has 0 spiro atoms. The Morgan fingerprint density at radius 3 is 2.84 bits per heavy atom. The van der Waals surface area contributed by atoms with Crippen LogP contribution in [0.2, 0.25) is 0 Å². The third-order valence-electron chi connectivity index (χ3n) is 5.74. The number of hydrogen-bond acceptors (Lipinski definition) is 8. The standard InChI is InChI=1S/C26H24N4O4S3/c1-5-18-14-29(8-9-30(18)22(31)6-2)25(33)19-12-21(16(3)11-20(19)34-4)36-23-13-27-26(37-23)28-24(32)17-7-10-35-15-17/h1,6-7,10-13,15,18H,2,8-9,14H2,3-4H3,(H,27,28,32)/t18-/m1/s1. The molecule has 1 aliphatic heterocycles. The summed E-state index contributed by atoms with van der Waals surface area (Å²) >= 11 is 4.26. The molecule has 0 unspecified atom stereocenters. The molecule has 8 nitrogen and oxygen atoms in total. The number of methoxy groups -OCH3 is 1. The lowest BCUT2D eigenvalue weighted by Gasteiger charge is -2.38. The first-order valence-electron chi connectivity index (χ1n) is 11.2. The summed E-state index contributed by atoms with van der Waals surface area (Å²) in [5.41, 5.74) is 1.93. The van der Waals surface area contributed by atoms with Gasteiger partial charge < -0.3 is 14.5 Å². The number of piperazine rings is 1. The fourth-order valence-electron chi connectivity index (χ4n) is 3.80. The minimum atomic E-state index is -0.534. The average molecular weight is 553 g/mol. The number of thiazole rings is 1. The van der Waals surface area contributed by atoms with E-state index in [1.54, 1.807) is 33.5 Å². The fraction of sp³-hybridized carbons (Fsp3) is 0.231. The van der Waals surface area contributed by atoms with Gasteiger partial charge in [-0.2, -0.15) is 11.3 Å². The number of aromatic nitrogens is 1. The van der Waals surface area contributed by atoms with Gasteiger partial charge in [-0.15, -0.1) is 6.42 Å². The highest BCUT2D eigenvalue weighted by Crippen LogP contribution is 2.38. The summed E-state index contributed by atoms with van der Waals surface area (Å²) in [7, 11) is 1.52. The Hall–Kier alpha value is -3.59. The van der Waals surface area contributed by atoms with Crippen LogP contribution in [-0.2, 0) is 4.79 Å². The molecule has 3 aromatic rings. The second kappa shape index (κ2) is 11.6. The number of hydrogen-bond donors (Lipinski definition) is 1.